The third-order valence-electron chi connectivity index (χ3n) is 2.70. The first-order chi connectivity index (χ1) is 6.79. The molecule has 0 aliphatic carbocycles. The number of anilines is 1. The van der Waals surface area contributed by atoms with Crippen molar-refractivity contribution in [1.29, 1.82) is 0 Å². The molecule has 1 aromatic rings. The maximum Gasteiger partial charge on any atom is 0.0455 e. The lowest BCUT2D eigenvalue weighted by molar-refractivity contribution is 0.588. The highest BCUT2D eigenvalue weighted by Crippen LogP contribution is 2.26. The molecule has 0 aromatic heterocycles. The third-order valence-corrected chi connectivity index (χ3v) is 3.11. The minimum absolute atomic E-state index is 0.862. The predicted molar refractivity (Wildman–Crippen MR) is 61.3 cm³/mol. The topological polar surface area (TPSA) is 15.3 Å². The average molecular weight is 211 g/mol. The lowest BCUT2D eigenvalue weighted by Gasteiger charge is -2.30. The fraction of sp³-hybridized carbons (Fsp3) is 0.455. The molecule has 1 aromatic carbocycles. The van der Waals surface area contributed by atoms with Crippen LogP contribution in [-0.2, 0) is 0 Å². The van der Waals surface area contributed by atoms with Gasteiger partial charge in [-0.25, -0.2) is 0 Å². The Hall–Kier alpha value is -0.730. The lowest BCUT2D eigenvalue weighted by Crippen LogP contribution is -2.43. The average Bonchev–Trinajstić information content (AvgIpc) is 2.23. The van der Waals surface area contributed by atoms with Gasteiger partial charge in [0.2, 0.25) is 0 Å². The van der Waals surface area contributed by atoms with Gasteiger partial charge < -0.3 is 10.2 Å². The van der Waals surface area contributed by atoms with Crippen LogP contribution in [0.2, 0.25) is 5.02 Å². The SMILES string of the molecule is Cc1c(Cl)cccc1N1CCNCC1. The summed E-state index contributed by atoms with van der Waals surface area (Å²) >= 11 is 6.09. The van der Waals surface area contributed by atoms with Crippen LogP contribution in [-0.4, -0.2) is 26.2 Å². The van der Waals surface area contributed by atoms with Crippen LogP contribution < -0.4 is 10.2 Å². The van der Waals surface area contributed by atoms with E-state index in [1.165, 1.54) is 11.3 Å². The Morgan fingerprint density at radius 2 is 2.00 bits per heavy atom. The standard InChI is InChI=1S/C11H15ClN2/c1-9-10(12)3-2-4-11(9)14-7-5-13-6-8-14/h2-4,13H,5-8H2,1H3. The zero-order valence-electron chi connectivity index (χ0n) is 8.39. The molecule has 0 spiro atoms. The van der Waals surface area contributed by atoms with E-state index in [0.717, 1.165) is 31.2 Å². The van der Waals surface area contributed by atoms with Crippen LogP contribution in [0.1, 0.15) is 5.56 Å². The van der Waals surface area contributed by atoms with E-state index in [1.807, 2.05) is 12.1 Å². The van der Waals surface area contributed by atoms with Crippen molar-refractivity contribution in [3.63, 3.8) is 0 Å². The van der Waals surface area contributed by atoms with E-state index in [2.05, 4.69) is 23.2 Å². The van der Waals surface area contributed by atoms with Crippen molar-refractivity contribution in [3.8, 4) is 0 Å². The minimum atomic E-state index is 0.862. The monoisotopic (exact) mass is 210 g/mol. The van der Waals surface area contributed by atoms with Crippen LogP contribution in [0.4, 0.5) is 5.69 Å². The molecule has 0 radical (unpaired) electrons. The highest BCUT2D eigenvalue weighted by atomic mass is 35.5. The van der Waals surface area contributed by atoms with Gasteiger partial charge in [-0.3, -0.25) is 0 Å². The second-order valence-corrected chi connectivity index (χ2v) is 4.03. The molecule has 1 saturated heterocycles. The summed E-state index contributed by atoms with van der Waals surface area (Å²) in [5, 5.41) is 4.21. The molecule has 3 heteroatoms. The van der Waals surface area contributed by atoms with E-state index in [4.69, 9.17) is 11.6 Å². The fourth-order valence-corrected chi connectivity index (χ4v) is 2.01. The summed E-state index contributed by atoms with van der Waals surface area (Å²) in [4.78, 5) is 2.39. The Morgan fingerprint density at radius 3 is 2.71 bits per heavy atom. The van der Waals surface area contributed by atoms with E-state index in [1.54, 1.807) is 0 Å². The number of hydrogen-bond acceptors (Lipinski definition) is 2. The summed E-state index contributed by atoms with van der Waals surface area (Å²) in [5.41, 5.74) is 2.47. The van der Waals surface area contributed by atoms with Gasteiger partial charge in [0.1, 0.15) is 0 Å². The molecule has 1 aliphatic heterocycles. The van der Waals surface area contributed by atoms with Gasteiger partial charge in [-0.05, 0) is 24.6 Å². The summed E-state index contributed by atoms with van der Waals surface area (Å²) in [5.74, 6) is 0. The van der Waals surface area contributed by atoms with Crippen LogP contribution in [0.3, 0.4) is 0 Å². The number of hydrogen-bond donors (Lipinski definition) is 1. The molecule has 1 heterocycles. The van der Waals surface area contributed by atoms with Crippen molar-refractivity contribution < 1.29 is 0 Å². The van der Waals surface area contributed by atoms with Gasteiger partial charge in [0.25, 0.3) is 0 Å². The molecule has 0 unspecified atom stereocenters. The van der Waals surface area contributed by atoms with Crippen molar-refractivity contribution in [1.82, 2.24) is 5.32 Å². The Bertz CT molecular complexity index is 319. The van der Waals surface area contributed by atoms with Gasteiger partial charge in [0.05, 0.1) is 0 Å². The number of rotatable bonds is 1. The molecule has 2 rings (SSSR count). The number of piperazine rings is 1. The van der Waals surface area contributed by atoms with Crippen molar-refractivity contribution in [2.24, 2.45) is 0 Å². The van der Waals surface area contributed by atoms with Gasteiger partial charge in [-0.15, -0.1) is 0 Å². The normalized spacial score (nSPS) is 17.1. The molecule has 0 amide bonds. The van der Waals surface area contributed by atoms with Crippen LogP contribution in [0.15, 0.2) is 18.2 Å². The summed E-state index contributed by atoms with van der Waals surface area (Å²) in [6.45, 7) is 6.35. The number of nitrogens with one attached hydrogen (secondary N) is 1. The number of halogens is 1. The molecule has 76 valence electrons. The summed E-state index contributed by atoms with van der Waals surface area (Å²) < 4.78 is 0. The number of benzene rings is 1. The van der Waals surface area contributed by atoms with Gasteiger partial charge in [-0.2, -0.15) is 0 Å². The van der Waals surface area contributed by atoms with Crippen molar-refractivity contribution in [2.45, 2.75) is 6.92 Å². The molecule has 0 atom stereocenters. The Morgan fingerprint density at radius 1 is 1.29 bits per heavy atom. The molecule has 0 saturated carbocycles. The molecule has 1 fully saturated rings. The lowest BCUT2D eigenvalue weighted by atomic mass is 10.1. The van der Waals surface area contributed by atoms with Gasteiger partial charge in [-0.1, -0.05) is 17.7 Å². The second kappa shape index (κ2) is 4.20. The van der Waals surface area contributed by atoms with E-state index in [-0.39, 0.29) is 0 Å². The fourth-order valence-electron chi connectivity index (χ4n) is 1.84. The zero-order valence-corrected chi connectivity index (χ0v) is 9.14. The number of nitrogens with zero attached hydrogens (tertiary/aromatic N) is 1. The van der Waals surface area contributed by atoms with Crippen molar-refractivity contribution >= 4 is 17.3 Å². The van der Waals surface area contributed by atoms with Gasteiger partial charge >= 0.3 is 0 Å². The van der Waals surface area contributed by atoms with Crippen LogP contribution in [0.25, 0.3) is 0 Å². The van der Waals surface area contributed by atoms with Gasteiger partial charge in [0, 0.05) is 36.9 Å². The predicted octanol–water partition coefficient (Wildman–Crippen LogP) is 2.06. The summed E-state index contributed by atoms with van der Waals surface area (Å²) in [6, 6.07) is 6.11. The molecule has 1 aliphatic rings. The largest absolute Gasteiger partial charge is 0.369 e. The molecule has 0 bridgehead atoms. The van der Waals surface area contributed by atoms with E-state index < -0.39 is 0 Å². The smallest absolute Gasteiger partial charge is 0.0455 e. The summed E-state index contributed by atoms with van der Waals surface area (Å²) in [6.07, 6.45) is 0. The highest BCUT2D eigenvalue weighted by Gasteiger charge is 2.13. The molecule has 14 heavy (non-hydrogen) atoms. The Kier molecular flexibility index (Phi) is 2.94. The first-order valence-electron chi connectivity index (χ1n) is 5.00. The van der Waals surface area contributed by atoms with Crippen molar-refractivity contribution in [2.75, 3.05) is 31.1 Å². The van der Waals surface area contributed by atoms with Crippen molar-refractivity contribution in [3.05, 3.63) is 28.8 Å². The quantitative estimate of drug-likeness (QED) is 0.764. The molecular weight excluding hydrogens is 196 g/mol. The zero-order chi connectivity index (χ0) is 9.97. The Balaban J connectivity index is 2.26. The molecule has 1 N–H and O–H groups in total. The first-order valence-corrected chi connectivity index (χ1v) is 5.37. The second-order valence-electron chi connectivity index (χ2n) is 3.62. The van der Waals surface area contributed by atoms with E-state index in [0.29, 0.717) is 0 Å². The third kappa shape index (κ3) is 1.86. The van der Waals surface area contributed by atoms with E-state index >= 15 is 0 Å². The molecular formula is C11H15ClN2. The van der Waals surface area contributed by atoms with Crippen LogP contribution in [0.5, 0.6) is 0 Å². The maximum absolute atomic E-state index is 6.09. The summed E-state index contributed by atoms with van der Waals surface area (Å²) in [7, 11) is 0. The van der Waals surface area contributed by atoms with Crippen LogP contribution in [0, 0.1) is 6.92 Å². The Labute approximate surface area is 89.9 Å². The first kappa shape index (κ1) is 9.81. The maximum atomic E-state index is 6.09. The van der Waals surface area contributed by atoms with E-state index in [9.17, 15) is 0 Å². The van der Waals surface area contributed by atoms with Gasteiger partial charge in [0.15, 0.2) is 0 Å². The van der Waals surface area contributed by atoms with Crippen LogP contribution >= 0.6 is 11.6 Å². The highest BCUT2D eigenvalue weighted by molar-refractivity contribution is 6.31. The minimum Gasteiger partial charge on any atom is -0.369 e. The molecule has 2 nitrogen and oxygen atoms in total.